The molecule has 3 nitrogen and oxygen atoms in total. The molecule has 0 atom stereocenters. The van der Waals surface area contributed by atoms with Crippen LogP contribution in [-0.2, 0) is 0 Å². The predicted molar refractivity (Wildman–Crippen MR) is 71.7 cm³/mol. The van der Waals surface area contributed by atoms with Crippen molar-refractivity contribution < 1.29 is 13.9 Å². The average molecular weight is 300 g/mol. The van der Waals surface area contributed by atoms with Gasteiger partial charge in [0, 0.05) is 27.7 Å². The fourth-order valence-corrected chi connectivity index (χ4v) is 3.06. The number of hydrogen-bond donors (Lipinski definition) is 1. The first kappa shape index (κ1) is 12.7. The Morgan fingerprint density at radius 2 is 2.26 bits per heavy atom. The standard InChI is InChI=1S/C12H10F2N2OS2/c13-9-6-10(17-14)8(7-1-2-7)5-11(9)19-16-12-15-3-4-18-12/h3-7H,1-2H2,(H,15,16). The largest absolute Gasteiger partial charge is 0.301 e. The van der Waals surface area contributed by atoms with Gasteiger partial charge in [-0.15, -0.1) is 11.3 Å². The number of anilines is 1. The molecule has 3 rings (SSSR count). The van der Waals surface area contributed by atoms with E-state index < -0.39 is 5.82 Å². The van der Waals surface area contributed by atoms with Gasteiger partial charge in [0.25, 0.3) is 0 Å². The predicted octanol–water partition coefficient (Wildman–Crippen LogP) is 4.54. The van der Waals surface area contributed by atoms with E-state index in [0.29, 0.717) is 10.0 Å². The molecule has 1 aliphatic carbocycles. The summed E-state index contributed by atoms with van der Waals surface area (Å²) in [5.74, 6) is -0.240. The van der Waals surface area contributed by atoms with Crippen molar-refractivity contribution in [2.24, 2.45) is 0 Å². The minimum atomic E-state index is -0.508. The fourth-order valence-electron chi connectivity index (χ4n) is 1.78. The quantitative estimate of drug-likeness (QED) is 0.822. The first-order chi connectivity index (χ1) is 9.28. The van der Waals surface area contributed by atoms with Crippen molar-refractivity contribution in [2.45, 2.75) is 23.7 Å². The second-order valence-corrected chi connectivity index (χ2v) is 5.96. The van der Waals surface area contributed by atoms with Gasteiger partial charge in [0.1, 0.15) is 5.82 Å². The summed E-state index contributed by atoms with van der Waals surface area (Å²) in [6.07, 6.45) is 3.65. The molecule has 0 aliphatic heterocycles. The van der Waals surface area contributed by atoms with Crippen LogP contribution in [-0.4, -0.2) is 4.98 Å². The minimum absolute atomic E-state index is 0.0152. The van der Waals surface area contributed by atoms with Crippen molar-refractivity contribution in [1.82, 2.24) is 4.98 Å². The van der Waals surface area contributed by atoms with Crippen LogP contribution >= 0.6 is 23.3 Å². The van der Waals surface area contributed by atoms with Gasteiger partial charge < -0.3 is 4.72 Å². The summed E-state index contributed by atoms with van der Waals surface area (Å²) in [6.45, 7) is 0. The van der Waals surface area contributed by atoms with Gasteiger partial charge in [0.2, 0.25) is 0 Å². The molecule has 1 heterocycles. The molecule has 1 aliphatic rings. The Kier molecular flexibility index (Phi) is 3.56. The van der Waals surface area contributed by atoms with E-state index >= 15 is 0 Å². The van der Waals surface area contributed by atoms with E-state index in [2.05, 4.69) is 14.6 Å². The van der Waals surface area contributed by atoms with Crippen LogP contribution in [0.5, 0.6) is 5.75 Å². The summed E-state index contributed by atoms with van der Waals surface area (Å²) >= 11 is 2.56. The van der Waals surface area contributed by atoms with Crippen molar-refractivity contribution >= 4 is 28.4 Å². The van der Waals surface area contributed by atoms with Gasteiger partial charge in [-0.3, -0.25) is 4.94 Å². The van der Waals surface area contributed by atoms with E-state index in [1.807, 2.05) is 5.38 Å². The van der Waals surface area contributed by atoms with Crippen LogP contribution in [0, 0.1) is 5.82 Å². The van der Waals surface area contributed by atoms with E-state index in [9.17, 15) is 8.92 Å². The van der Waals surface area contributed by atoms with Crippen LogP contribution in [0.25, 0.3) is 0 Å². The van der Waals surface area contributed by atoms with Crippen LogP contribution in [0.4, 0.5) is 14.0 Å². The Balaban J connectivity index is 1.82. The number of aromatic nitrogens is 1. The fraction of sp³-hybridized carbons (Fsp3) is 0.250. The van der Waals surface area contributed by atoms with E-state index in [0.717, 1.165) is 36.4 Å². The molecule has 0 unspecified atom stereocenters. The Hall–Kier alpha value is -1.34. The SMILES string of the molecule is FOc1cc(F)c(SNc2nccs2)cc1C1CC1. The van der Waals surface area contributed by atoms with Gasteiger partial charge in [0.15, 0.2) is 10.9 Å². The van der Waals surface area contributed by atoms with E-state index in [-0.39, 0.29) is 11.7 Å². The molecule has 0 amide bonds. The van der Waals surface area contributed by atoms with E-state index in [4.69, 9.17) is 0 Å². The molecular weight excluding hydrogens is 290 g/mol. The first-order valence-electron chi connectivity index (χ1n) is 5.72. The zero-order valence-corrected chi connectivity index (χ0v) is 11.4. The Bertz CT molecular complexity index is 573. The van der Waals surface area contributed by atoms with Crippen molar-refractivity contribution in [3.63, 3.8) is 0 Å². The Morgan fingerprint density at radius 3 is 2.89 bits per heavy atom. The number of hydrogen-bond acceptors (Lipinski definition) is 5. The Morgan fingerprint density at radius 1 is 1.42 bits per heavy atom. The van der Waals surface area contributed by atoms with Gasteiger partial charge in [-0.05, 0) is 36.8 Å². The second kappa shape index (κ2) is 5.34. The lowest BCUT2D eigenvalue weighted by molar-refractivity contribution is -0.00780. The zero-order valence-electron chi connectivity index (χ0n) is 9.73. The summed E-state index contributed by atoms with van der Waals surface area (Å²) in [7, 11) is 0. The van der Waals surface area contributed by atoms with Crippen molar-refractivity contribution in [3.8, 4) is 5.75 Å². The molecular formula is C12H10F2N2OS2. The molecule has 1 N–H and O–H groups in total. The summed E-state index contributed by atoms with van der Waals surface area (Å²) < 4.78 is 29.2. The summed E-state index contributed by atoms with van der Waals surface area (Å²) in [5.41, 5.74) is 0.729. The lowest BCUT2D eigenvalue weighted by Crippen LogP contribution is -1.94. The van der Waals surface area contributed by atoms with Gasteiger partial charge in [0.05, 0.1) is 4.90 Å². The summed E-state index contributed by atoms with van der Waals surface area (Å²) in [6, 6.07) is 2.74. The molecule has 1 aromatic carbocycles. The van der Waals surface area contributed by atoms with Crippen LogP contribution in [0.15, 0.2) is 28.6 Å². The maximum Gasteiger partial charge on any atom is 0.192 e. The highest BCUT2D eigenvalue weighted by Gasteiger charge is 2.29. The van der Waals surface area contributed by atoms with Crippen LogP contribution in [0.3, 0.4) is 0 Å². The first-order valence-corrected chi connectivity index (χ1v) is 7.42. The highest BCUT2D eigenvalue weighted by atomic mass is 32.2. The van der Waals surface area contributed by atoms with Crippen LogP contribution in [0.2, 0.25) is 0 Å². The number of rotatable bonds is 5. The third-order valence-electron chi connectivity index (χ3n) is 2.85. The molecule has 1 saturated carbocycles. The molecule has 1 fully saturated rings. The number of nitrogens with zero attached hydrogens (tertiary/aromatic N) is 1. The summed E-state index contributed by atoms with van der Waals surface area (Å²) in [4.78, 5) is 8.21. The topological polar surface area (TPSA) is 34.1 Å². The second-order valence-electron chi connectivity index (χ2n) is 4.21. The number of nitrogens with one attached hydrogen (secondary N) is 1. The van der Waals surface area contributed by atoms with E-state index in [1.165, 1.54) is 11.3 Å². The van der Waals surface area contributed by atoms with Crippen LogP contribution in [0.1, 0.15) is 24.3 Å². The highest BCUT2D eigenvalue weighted by molar-refractivity contribution is 8.00. The smallest absolute Gasteiger partial charge is 0.192 e. The number of benzene rings is 1. The van der Waals surface area contributed by atoms with Crippen molar-refractivity contribution in [1.29, 1.82) is 0 Å². The monoisotopic (exact) mass is 300 g/mol. The average Bonchev–Trinajstić information content (AvgIpc) is 3.13. The molecule has 2 aromatic rings. The maximum atomic E-state index is 13.8. The molecule has 100 valence electrons. The van der Waals surface area contributed by atoms with Gasteiger partial charge in [-0.2, -0.15) is 0 Å². The van der Waals surface area contributed by atoms with Gasteiger partial charge in [-0.1, -0.05) is 0 Å². The van der Waals surface area contributed by atoms with Crippen molar-refractivity contribution in [2.75, 3.05) is 4.72 Å². The lowest BCUT2D eigenvalue weighted by atomic mass is 10.1. The number of halogens is 2. The zero-order chi connectivity index (χ0) is 13.2. The molecule has 0 radical (unpaired) electrons. The lowest BCUT2D eigenvalue weighted by Gasteiger charge is -2.09. The molecule has 0 spiro atoms. The van der Waals surface area contributed by atoms with Gasteiger partial charge >= 0.3 is 0 Å². The normalized spacial score (nSPS) is 14.4. The van der Waals surface area contributed by atoms with E-state index in [1.54, 1.807) is 12.3 Å². The summed E-state index contributed by atoms with van der Waals surface area (Å²) in [5, 5.41) is 2.53. The maximum absolute atomic E-state index is 13.8. The third-order valence-corrected chi connectivity index (χ3v) is 4.49. The van der Waals surface area contributed by atoms with Crippen LogP contribution < -0.4 is 9.66 Å². The highest BCUT2D eigenvalue weighted by Crippen LogP contribution is 2.46. The molecule has 1 aromatic heterocycles. The molecule has 0 saturated heterocycles. The molecule has 19 heavy (non-hydrogen) atoms. The molecule has 0 bridgehead atoms. The third kappa shape index (κ3) is 2.82. The minimum Gasteiger partial charge on any atom is -0.301 e. The molecule has 7 heteroatoms. The van der Waals surface area contributed by atoms with Crippen molar-refractivity contribution in [3.05, 3.63) is 35.1 Å². The number of thiazole rings is 1. The Labute approximate surface area is 117 Å². The van der Waals surface area contributed by atoms with Gasteiger partial charge in [-0.25, -0.2) is 9.37 Å².